The summed E-state index contributed by atoms with van der Waals surface area (Å²) < 4.78 is 5.65. The Morgan fingerprint density at radius 2 is 1.94 bits per heavy atom. The van der Waals surface area contributed by atoms with Crippen molar-refractivity contribution in [2.45, 2.75) is 0 Å². The predicted molar refractivity (Wildman–Crippen MR) is 74.5 cm³/mol. The maximum atomic E-state index is 10.9. The minimum absolute atomic E-state index is 0.114. The molecule has 0 aromatic heterocycles. The van der Waals surface area contributed by atoms with Crippen molar-refractivity contribution in [3.63, 3.8) is 0 Å². The Kier molecular flexibility index (Phi) is 4.04. The Hall–Kier alpha value is -1.75. The van der Waals surface area contributed by atoms with Gasteiger partial charge in [-0.2, -0.15) is 11.8 Å². The maximum Gasteiger partial charge on any atom is 0.277 e. The fourth-order valence-electron chi connectivity index (χ4n) is 1.78. The molecule has 18 heavy (non-hydrogen) atoms. The van der Waals surface area contributed by atoms with E-state index in [-0.39, 0.29) is 10.6 Å². The molecule has 0 saturated heterocycles. The Morgan fingerprint density at radius 1 is 1.22 bits per heavy atom. The highest BCUT2D eigenvalue weighted by Crippen LogP contribution is 2.32. The predicted octanol–water partition coefficient (Wildman–Crippen LogP) is 3.49. The highest BCUT2D eigenvalue weighted by molar-refractivity contribution is 7.98. The van der Waals surface area contributed by atoms with Crippen LogP contribution in [0.25, 0.3) is 10.8 Å². The fourth-order valence-corrected chi connectivity index (χ4v) is 2.03. The number of benzene rings is 2. The lowest BCUT2D eigenvalue weighted by atomic mass is 10.1. The van der Waals surface area contributed by atoms with E-state index in [0.717, 1.165) is 11.1 Å². The van der Waals surface area contributed by atoms with E-state index in [4.69, 9.17) is 4.74 Å². The first kappa shape index (κ1) is 12.7. The summed E-state index contributed by atoms with van der Waals surface area (Å²) in [6.07, 6.45) is 2.01. The molecular formula is C13H13NO3S. The summed E-state index contributed by atoms with van der Waals surface area (Å²) >= 11 is 1.70. The monoisotopic (exact) mass is 263 g/mol. The number of hydrogen-bond donors (Lipinski definition) is 0. The van der Waals surface area contributed by atoms with Gasteiger partial charge in [0.15, 0.2) is 0 Å². The largest absolute Gasteiger partial charge is 0.492 e. The average Bonchev–Trinajstić information content (AvgIpc) is 2.38. The smallest absolute Gasteiger partial charge is 0.277 e. The molecule has 0 unspecified atom stereocenters. The van der Waals surface area contributed by atoms with Gasteiger partial charge in [-0.15, -0.1) is 0 Å². The maximum absolute atomic E-state index is 10.9. The third kappa shape index (κ3) is 2.56. The van der Waals surface area contributed by atoms with Crippen LogP contribution >= 0.6 is 11.8 Å². The van der Waals surface area contributed by atoms with Crippen LogP contribution in [0.2, 0.25) is 0 Å². The number of rotatable bonds is 5. The minimum Gasteiger partial charge on any atom is -0.492 e. The fraction of sp³-hybridized carbons (Fsp3) is 0.231. The van der Waals surface area contributed by atoms with E-state index in [9.17, 15) is 10.1 Å². The lowest BCUT2D eigenvalue weighted by Crippen LogP contribution is -2.00. The SMILES string of the molecule is CSCCOc1ccc([N+](=O)[O-])c2ccccc12. The van der Waals surface area contributed by atoms with E-state index in [0.29, 0.717) is 17.7 Å². The third-order valence-corrected chi connectivity index (χ3v) is 3.18. The first-order valence-electron chi connectivity index (χ1n) is 5.52. The van der Waals surface area contributed by atoms with E-state index < -0.39 is 0 Å². The standard InChI is InChI=1S/C13H13NO3S/c1-18-9-8-17-13-7-6-12(14(15)16)10-4-2-3-5-11(10)13/h2-7H,8-9H2,1H3. The second-order valence-corrected chi connectivity index (χ2v) is 4.71. The molecule has 0 amide bonds. The number of nitrogens with zero attached hydrogens (tertiary/aromatic N) is 1. The molecule has 0 radical (unpaired) electrons. The molecule has 0 aliphatic carbocycles. The molecule has 2 aromatic rings. The molecule has 0 fully saturated rings. The normalized spacial score (nSPS) is 10.5. The van der Waals surface area contributed by atoms with E-state index in [1.165, 1.54) is 6.07 Å². The summed E-state index contributed by atoms with van der Waals surface area (Å²) in [7, 11) is 0. The van der Waals surface area contributed by atoms with Gasteiger partial charge in [0.25, 0.3) is 5.69 Å². The number of nitro groups is 1. The zero-order valence-electron chi connectivity index (χ0n) is 9.96. The summed E-state index contributed by atoms with van der Waals surface area (Å²) in [4.78, 5) is 10.6. The van der Waals surface area contributed by atoms with Crippen molar-refractivity contribution in [3.05, 3.63) is 46.5 Å². The highest BCUT2D eigenvalue weighted by atomic mass is 32.2. The van der Waals surface area contributed by atoms with Crippen LogP contribution in [0.4, 0.5) is 5.69 Å². The van der Waals surface area contributed by atoms with Crippen molar-refractivity contribution in [2.24, 2.45) is 0 Å². The van der Waals surface area contributed by atoms with Gasteiger partial charge in [0.1, 0.15) is 5.75 Å². The number of ether oxygens (including phenoxy) is 1. The summed E-state index contributed by atoms with van der Waals surface area (Å²) in [5.41, 5.74) is 0.114. The quantitative estimate of drug-likeness (QED) is 0.470. The molecule has 4 nitrogen and oxygen atoms in total. The first-order valence-corrected chi connectivity index (χ1v) is 6.91. The second kappa shape index (κ2) is 5.73. The molecular weight excluding hydrogens is 250 g/mol. The number of fused-ring (bicyclic) bond motifs is 1. The summed E-state index contributed by atoms with van der Waals surface area (Å²) in [6, 6.07) is 10.4. The number of thioether (sulfide) groups is 1. The van der Waals surface area contributed by atoms with Crippen LogP contribution in [0.3, 0.4) is 0 Å². The summed E-state index contributed by atoms with van der Waals surface area (Å²) in [6.45, 7) is 0.600. The molecule has 0 bridgehead atoms. The molecule has 0 aliphatic heterocycles. The molecule has 94 valence electrons. The van der Waals surface area contributed by atoms with Crippen LogP contribution in [0, 0.1) is 10.1 Å². The zero-order chi connectivity index (χ0) is 13.0. The van der Waals surface area contributed by atoms with Crippen LogP contribution in [-0.2, 0) is 0 Å². The Balaban J connectivity index is 2.44. The molecule has 0 spiro atoms. The van der Waals surface area contributed by atoms with Gasteiger partial charge in [-0.25, -0.2) is 0 Å². The van der Waals surface area contributed by atoms with Crippen LogP contribution in [0.1, 0.15) is 0 Å². The van der Waals surface area contributed by atoms with Crippen LogP contribution in [0.5, 0.6) is 5.75 Å². The van der Waals surface area contributed by atoms with Gasteiger partial charge >= 0.3 is 0 Å². The Labute approximate surface area is 109 Å². The number of nitro benzene ring substituents is 1. The molecule has 5 heteroatoms. The van der Waals surface area contributed by atoms with Gasteiger partial charge < -0.3 is 4.74 Å². The van der Waals surface area contributed by atoms with Gasteiger partial charge in [0.2, 0.25) is 0 Å². The third-order valence-electron chi connectivity index (χ3n) is 2.60. The van der Waals surface area contributed by atoms with Gasteiger partial charge in [0, 0.05) is 17.2 Å². The summed E-state index contributed by atoms with van der Waals surface area (Å²) in [5, 5.41) is 12.3. The second-order valence-electron chi connectivity index (χ2n) is 3.73. The van der Waals surface area contributed by atoms with E-state index in [1.807, 2.05) is 18.4 Å². The molecule has 2 aromatic carbocycles. The average molecular weight is 263 g/mol. The molecule has 0 heterocycles. The van der Waals surface area contributed by atoms with Gasteiger partial charge in [-0.05, 0) is 18.4 Å². The van der Waals surface area contributed by atoms with Gasteiger partial charge in [0.05, 0.1) is 16.9 Å². The van der Waals surface area contributed by atoms with Gasteiger partial charge in [-0.3, -0.25) is 10.1 Å². The molecule has 0 saturated carbocycles. The van der Waals surface area contributed by atoms with E-state index in [2.05, 4.69) is 0 Å². The lowest BCUT2D eigenvalue weighted by molar-refractivity contribution is -0.383. The van der Waals surface area contributed by atoms with E-state index >= 15 is 0 Å². The number of non-ortho nitro benzene ring substituents is 1. The summed E-state index contributed by atoms with van der Waals surface area (Å²) in [5.74, 6) is 1.59. The van der Waals surface area contributed by atoms with Crippen molar-refractivity contribution in [2.75, 3.05) is 18.6 Å². The van der Waals surface area contributed by atoms with Crippen molar-refractivity contribution in [1.29, 1.82) is 0 Å². The molecule has 2 rings (SSSR count). The van der Waals surface area contributed by atoms with Crippen molar-refractivity contribution in [1.82, 2.24) is 0 Å². The zero-order valence-corrected chi connectivity index (χ0v) is 10.8. The topological polar surface area (TPSA) is 52.4 Å². The first-order chi connectivity index (χ1) is 8.74. The van der Waals surface area contributed by atoms with Crippen molar-refractivity contribution < 1.29 is 9.66 Å². The molecule has 0 aliphatic rings. The highest BCUT2D eigenvalue weighted by Gasteiger charge is 2.14. The van der Waals surface area contributed by atoms with Crippen LogP contribution < -0.4 is 4.74 Å². The van der Waals surface area contributed by atoms with Crippen LogP contribution in [0.15, 0.2) is 36.4 Å². The Morgan fingerprint density at radius 3 is 2.61 bits per heavy atom. The van der Waals surface area contributed by atoms with Crippen molar-refractivity contribution >= 4 is 28.2 Å². The number of hydrogen-bond acceptors (Lipinski definition) is 4. The lowest BCUT2D eigenvalue weighted by Gasteiger charge is -2.08. The van der Waals surface area contributed by atoms with Crippen LogP contribution in [-0.4, -0.2) is 23.5 Å². The van der Waals surface area contributed by atoms with Crippen molar-refractivity contribution in [3.8, 4) is 5.75 Å². The Bertz CT molecular complexity index is 571. The molecule has 0 atom stereocenters. The van der Waals surface area contributed by atoms with E-state index in [1.54, 1.807) is 30.0 Å². The molecule has 0 N–H and O–H groups in total. The minimum atomic E-state index is -0.367. The van der Waals surface area contributed by atoms with Gasteiger partial charge in [-0.1, -0.05) is 18.2 Å².